The van der Waals surface area contributed by atoms with Gasteiger partial charge < -0.3 is 9.47 Å². The van der Waals surface area contributed by atoms with E-state index in [1.165, 1.54) is 11.8 Å². The van der Waals surface area contributed by atoms with E-state index >= 15 is 0 Å². The number of amides is 1. The van der Waals surface area contributed by atoms with E-state index in [1.807, 2.05) is 41.8 Å². The van der Waals surface area contributed by atoms with Gasteiger partial charge in [-0.25, -0.2) is 0 Å². The lowest BCUT2D eigenvalue weighted by Crippen LogP contribution is -2.38. The summed E-state index contributed by atoms with van der Waals surface area (Å²) in [5.74, 6) is 0.851. The number of aliphatic imine (C=N–C) groups is 1. The molecule has 0 fully saturated rings. The van der Waals surface area contributed by atoms with Gasteiger partial charge in [0.05, 0.1) is 25.0 Å². The molecule has 0 bridgehead atoms. The van der Waals surface area contributed by atoms with Gasteiger partial charge in [-0.1, -0.05) is 64.1 Å². The van der Waals surface area contributed by atoms with Crippen molar-refractivity contribution in [2.45, 2.75) is 0 Å². The second-order valence-electron chi connectivity index (χ2n) is 6.38. The number of nitrogens with zero attached hydrogens (tertiary/aromatic N) is 2. The first-order chi connectivity index (χ1) is 14.6. The second-order valence-corrected chi connectivity index (χ2v) is 8.01. The standard InChI is InChI=1S/C22H18BrN3O3S/c1-28-19-12-14(7-8-18(19)29-10-9-23)11-16-20(24)26-17(15-5-3-2-4-6-15)13-30-22(26)25-21(16)27/h2-8,11-13,24H,9-10H2,1H3. The topological polar surface area (TPSA) is 75.0 Å². The Morgan fingerprint density at radius 2 is 2.00 bits per heavy atom. The molecule has 2 aliphatic heterocycles. The summed E-state index contributed by atoms with van der Waals surface area (Å²) in [7, 11) is 1.57. The van der Waals surface area contributed by atoms with Crippen LogP contribution in [0.25, 0.3) is 11.8 Å². The van der Waals surface area contributed by atoms with Crippen molar-refractivity contribution in [2.75, 3.05) is 19.0 Å². The molecule has 152 valence electrons. The summed E-state index contributed by atoms with van der Waals surface area (Å²) in [5.41, 5.74) is 2.74. The quantitative estimate of drug-likeness (QED) is 0.472. The predicted octanol–water partition coefficient (Wildman–Crippen LogP) is 4.77. The highest BCUT2D eigenvalue weighted by Gasteiger charge is 2.36. The third-order valence-corrected chi connectivity index (χ3v) is 5.67. The summed E-state index contributed by atoms with van der Waals surface area (Å²) in [6.07, 6.45) is 1.66. The Labute approximate surface area is 186 Å². The average Bonchev–Trinajstić information content (AvgIpc) is 3.20. The molecule has 2 aromatic rings. The first-order valence-electron chi connectivity index (χ1n) is 9.15. The minimum atomic E-state index is -0.431. The van der Waals surface area contributed by atoms with Crippen LogP contribution < -0.4 is 9.47 Å². The van der Waals surface area contributed by atoms with Gasteiger partial charge in [0.25, 0.3) is 5.91 Å². The van der Waals surface area contributed by atoms with Gasteiger partial charge in [0.15, 0.2) is 16.7 Å². The van der Waals surface area contributed by atoms with E-state index < -0.39 is 5.91 Å². The van der Waals surface area contributed by atoms with Crippen LogP contribution in [0.4, 0.5) is 0 Å². The fourth-order valence-electron chi connectivity index (χ4n) is 3.12. The third kappa shape index (κ3) is 3.93. The molecule has 8 heteroatoms. The lowest BCUT2D eigenvalue weighted by molar-refractivity contribution is -0.114. The molecule has 1 amide bonds. The van der Waals surface area contributed by atoms with Crippen molar-refractivity contribution in [1.82, 2.24) is 4.90 Å². The normalized spacial score (nSPS) is 17.0. The Hall–Kier alpha value is -2.84. The lowest BCUT2D eigenvalue weighted by atomic mass is 10.1. The van der Waals surface area contributed by atoms with E-state index in [2.05, 4.69) is 20.9 Å². The minimum Gasteiger partial charge on any atom is -0.493 e. The molecular formula is C22H18BrN3O3S. The number of methoxy groups -OCH3 is 1. The molecule has 6 nitrogen and oxygen atoms in total. The first kappa shape index (κ1) is 20.4. The van der Waals surface area contributed by atoms with E-state index in [0.717, 1.165) is 16.8 Å². The molecule has 0 unspecified atom stereocenters. The summed E-state index contributed by atoms with van der Waals surface area (Å²) in [5, 5.41) is 11.8. The van der Waals surface area contributed by atoms with Crippen molar-refractivity contribution >= 4 is 56.4 Å². The van der Waals surface area contributed by atoms with Gasteiger partial charge in [-0.15, -0.1) is 0 Å². The molecule has 0 aromatic heterocycles. The summed E-state index contributed by atoms with van der Waals surface area (Å²) in [6, 6.07) is 15.2. The second kappa shape index (κ2) is 8.89. The Balaban J connectivity index is 1.67. The molecular weight excluding hydrogens is 466 g/mol. The molecule has 0 atom stereocenters. The van der Waals surface area contributed by atoms with Crippen LogP contribution in [-0.2, 0) is 4.79 Å². The number of hydrogen-bond acceptors (Lipinski definition) is 5. The molecule has 4 rings (SSSR count). The summed E-state index contributed by atoms with van der Waals surface area (Å²) in [6.45, 7) is 0.513. The highest BCUT2D eigenvalue weighted by atomic mass is 79.9. The molecule has 0 aliphatic carbocycles. The SMILES string of the molecule is COc1cc(C=C2C(=N)N3C(c4ccccc4)=CSC3=NC2=O)ccc1OCCBr. The van der Waals surface area contributed by atoms with Crippen molar-refractivity contribution in [2.24, 2.45) is 4.99 Å². The maximum absolute atomic E-state index is 12.6. The van der Waals surface area contributed by atoms with Crippen molar-refractivity contribution in [3.8, 4) is 11.5 Å². The number of hydrogen-bond donors (Lipinski definition) is 1. The van der Waals surface area contributed by atoms with Crippen molar-refractivity contribution in [1.29, 1.82) is 5.41 Å². The fraction of sp³-hybridized carbons (Fsp3) is 0.136. The van der Waals surface area contributed by atoms with Crippen LogP contribution >= 0.6 is 27.7 Å². The molecule has 30 heavy (non-hydrogen) atoms. The minimum absolute atomic E-state index is 0.101. The fourth-order valence-corrected chi connectivity index (χ4v) is 4.17. The molecule has 0 radical (unpaired) electrons. The van der Waals surface area contributed by atoms with E-state index in [-0.39, 0.29) is 11.4 Å². The molecule has 2 aromatic carbocycles. The number of carbonyl (C=O) groups is 1. The Morgan fingerprint density at radius 1 is 1.20 bits per heavy atom. The molecule has 0 saturated carbocycles. The number of benzene rings is 2. The molecule has 0 spiro atoms. The van der Waals surface area contributed by atoms with Crippen LogP contribution in [0, 0.1) is 5.41 Å². The van der Waals surface area contributed by atoms with Crippen LogP contribution in [-0.4, -0.2) is 40.9 Å². The number of ether oxygens (including phenoxy) is 2. The number of rotatable bonds is 6. The Kier molecular flexibility index (Phi) is 6.06. The van der Waals surface area contributed by atoms with Crippen LogP contribution in [0.15, 0.2) is 64.5 Å². The zero-order valence-electron chi connectivity index (χ0n) is 16.1. The zero-order chi connectivity index (χ0) is 21.1. The average molecular weight is 484 g/mol. The number of fused-ring (bicyclic) bond motifs is 1. The number of carbonyl (C=O) groups excluding carboxylic acids is 1. The van der Waals surface area contributed by atoms with Crippen molar-refractivity contribution in [3.05, 3.63) is 70.6 Å². The van der Waals surface area contributed by atoms with Crippen LogP contribution in [0.5, 0.6) is 11.5 Å². The Morgan fingerprint density at radius 3 is 2.73 bits per heavy atom. The van der Waals surface area contributed by atoms with Crippen molar-refractivity contribution < 1.29 is 14.3 Å². The monoisotopic (exact) mass is 483 g/mol. The van der Waals surface area contributed by atoms with Crippen LogP contribution in [0.2, 0.25) is 0 Å². The van der Waals surface area contributed by atoms with E-state index in [9.17, 15) is 4.79 Å². The lowest BCUT2D eigenvalue weighted by Gasteiger charge is -2.27. The number of alkyl halides is 1. The van der Waals surface area contributed by atoms with Gasteiger partial charge in [0.1, 0.15) is 5.84 Å². The maximum atomic E-state index is 12.6. The highest BCUT2D eigenvalue weighted by molar-refractivity contribution is 9.09. The maximum Gasteiger partial charge on any atom is 0.283 e. The first-order valence-corrected chi connectivity index (χ1v) is 11.2. The van der Waals surface area contributed by atoms with Crippen molar-refractivity contribution in [3.63, 3.8) is 0 Å². The molecule has 1 N–H and O–H groups in total. The van der Waals surface area contributed by atoms with Gasteiger partial charge >= 0.3 is 0 Å². The molecule has 2 heterocycles. The van der Waals surface area contributed by atoms with Gasteiger partial charge in [0.2, 0.25) is 0 Å². The van der Waals surface area contributed by atoms with Gasteiger partial charge in [-0.2, -0.15) is 4.99 Å². The van der Waals surface area contributed by atoms with Crippen LogP contribution in [0.3, 0.4) is 0 Å². The van der Waals surface area contributed by atoms with Gasteiger partial charge in [0, 0.05) is 10.7 Å². The highest BCUT2D eigenvalue weighted by Crippen LogP contribution is 2.37. The van der Waals surface area contributed by atoms with E-state index in [0.29, 0.717) is 28.6 Å². The molecule has 2 aliphatic rings. The number of thioether (sulfide) groups is 1. The number of amidine groups is 2. The number of halogens is 1. The van der Waals surface area contributed by atoms with Gasteiger partial charge in [-0.05, 0) is 29.3 Å². The number of nitrogens with one attached hydrogen (secondary N) is 1. The van der Waals surface area contributed by atoms with E-state index in [4.69, 9.17) is 14.9 Å². The zero-order valence-corrected chi connectivity index (χ0v) is 18.5. The molecule has 0 saturated heterocycles. The summed E-state index contributed by atoms with van der Waals surface area (Å²) < 4.78 is 11.1. The third-order valence-electron chi connectivity index (χ3n) is 4.52. The largest absolute Gasteiger partial charge is 0.493 e. The Bertz CT molecular complexity index is 1100. The summed E-state index contributed by atoms with van der Waals surface area (Å²) in [4.78, 5) is 18.5. The van der Waals surface area contributed by atoms with Gasteiger partial charge in [-0.3, -0.25) is 15.1 Å². The summed E-state index contributed by atoms with van der Waals surface area (Å²) >= 11 is 4.68. The van der Waals surface area contributed by atoms with Crippen LogP contribution in [0.1, 0.15) is 11.1 Å². The smallest absolute Gasteiger partial charge is 0.283 e. The van der Waals surface area contributed by atoms with E-state index in [1.54, 1.807) is 30.2 Å². The predicted molar refractivity (Wildman–Crippen MR) is 124 cm³/mol.